The topological polar surface area (TPSA) is 88.2 Å². The monoisotopic (exact) mass is 397 g/mol. The third-order valence-electron chi connectivity index (χ3n) is 4.69. The quantitative estimate of drug-likeness (QED) is 0.645. The van der Waals surface area contributed by atoms with Gasteiger partial charge in [0.15, 0.2) is 0 Å². The minimum Gasteiger partial charge on any atom is -0.378 e. The summed E-state index contributed by atoms with van der Waals surface area (Å²) < 4.78 is 5.26. The zero-order valence-corrected chi connectivity index (χ0v) is 17.9. The predicted octanol–water partition coefficient (Wildman–Crippen LogP) is 4.38. The molecule has 3 rings (SSSR count). The number of benzene rings is 1. The third kappa shape index (κ3) is 6.15. The fraction of sp³-hybridized carbons (Fsp3) is 0.500. The van der Waals surface area contributed by atoms with E-state index in [-0.39, 0.29) is 17.5 Å². The number of ether oxygens (including phenoxy) is 1. The summed E-state index contributed by atoms with van der Waals surface area (Å²) in [6, 6.07) is 10.0. The van der Waals surface area contributed by atoms with E-state index in [0.29, 0.717) is 12.6 Å². The first-order valence-electron chi connectivity index (χ1n) is 10.1. The molecule has 1 aliphatic rings. The molecule has 2 aromatic rings. The molecule has 3 N–H and O–H groups in total. The SMILES string of the molecule is COCc1cc(NC(C)c2ccc(NC(=O)NC3CC3)cc2)nc(C(C)(C)C)n1. The maximum absolute atomic E-state index is 11.9. The van der Waals surface area contributed by atoms with Crippen LogP contribution in [0.5, 0.6) is 0 Å². The Labute approximate surface area is 172 Å². The van der Waals surface area contributed by atoms with Crippen molar-refractivity contribution >= 4 is 17.5 Å². The first kappa shape index (κ1) is 21.0. The molecule has 29 heavy (non-hydrogen) atoms. The lowest BCUT2D eigenvalue weighted by atomic mass is 9.95. The Bertz CT molecular complexity index is 841. The van der Waals surface area contributed by atoms with Crippen molar-refractivity contribution in [2.45, 2.75) is 64.6 Å². The molecule has 1 aromatic carbocycles. The maximum atomic E-state index is 11.9. The van der Waals surface area contributed by atoms with Crippen LogP contribution in [0.25, 0.3) is 0 Å². The van der Waals surface area contributed by atoms with Crippen LogP contribution in [0, 0.1) is 0 Å². The molecule has 1 atom stereocenters. The van der Waals surface area contributed by atoms with Gasteiger partial charge in [0.25, 0.3) is 0 Å². The lowest BCUT2D eigenvalue weighted by molar-refractivity contribution is 0.181. The molecular formula is C22H31N5O2. The summed E-state index contributed by atoms with van der Waals surface area (Å²) in [6.07, 6.45) is 2.14. The third-order valence-corrected chi connectivity index (χ3v) is 4.69. The zero-order chi connectivity index (χ0) is 21.0. The smallest absolute Gasteiger partial charge is 0.319 e. The molecule has 0 aliphatic heterocycles. The number of aromatic nitrogens is 2. The van der Waals surface area contributed by atoms with Gasteiger partial charge in [-0.15, -0.1) is 0 Å². The Morgan fingerprint density at radius 1 is 1.21 bits per heavy atom. The van der Waals surface area contributed by atoms with Crippen LogP contribution < -0.4 is 16.0 Å². The molecule has 1 saturated carbocycles. The van der Waals surface area contributed by atoms with Crippen LogP contribution in [0.2, 0.25) is 0 Å². The zero-order valence-electron chi connectivity index (χ0n) is 17.9. The second kappa shape index (κ2) is 8.78. The van der Waals surface area contributed by atoms with Crippen molar-refractivity contribution in [3.8, 4) is 0 Å². The predicted molar refractivity (Wildman–Crippen MR) is 115 cm³/mol. The Kier molecular flexibility index (Phi) is 6.37. The first-order chi connectivity index (χ1) is 13.7. The van der Waals surface area contributed by atoms with Crippen molar-refractivity contribution < 1.29 is 9.53 Å². The van der Waals surface area contributed by atoms with Crippen molar-refractivity contribution in [3.63, 3.8) is 0 Å². The van der Waals surface area contributed by atoms with Gasteiger partial charge in [0.05, 0.1) is 12.3 Å². The van der Waals surface area contributed by atoms with E-state index in [9.17, 15) is 4.79 Å². The molecule has 1 fully saturated rings. The average Bonchev–Trinajstić information content (AvgIpc) is 3.45. The second-order valence-corrected chi connectivity index (χ2v) is 8.61. The van der Waals surface area contributed by atoms with Crippen LogP contribution in [0.3, 0.4) is 0 Å². The molecule has 1 aromatic heterocycles. The van der Waals surface area contributed by atoms with Gasteiger partial charge in [-0.25, -0.2) is 14.8 Å². The van der Waals surface area contributed by atoms with Crippen molar-refractivity contribution in [1.29, 1.82) is 0 Å². The highest BCUT2D eigenvalue weighted by molar-refractivity contribution is 5.89. The van der Waals surface area contributed by atoms with Gasteiger partial charge in [-0.1, -0.05) is 32.9 Å². The van der Waals surface area contributed by atoms with Gasteiger partial charge < -0.3 is 20.7 Å². The number of anilines is 2. The lowest BCUT2D eigenvalue weighted by Gasteiger charge is -2.21. The molecular weight excluding hydrogens is 366 g/mol. The van der Waals surface area contributed by atoms with Crippen LogP contribution in [0.1, 0.15) is 63.7 Å². The van der Waals surface area contributed by atoms with E-state index >= 15 is 0 Å². The number of nitrogens with zero attached hydrogens (tertiary/aromatic N) is 2. The van der Waals surface area contributed by atoms with E-state index in [1.807, 2.05) is 30.3 Å². The first-order valence-corrected chi connectivity index (χ1v) is 10.1. The largest absolute Gasteiger partial charge is 0.378 e. The standard InChI is InChI=1S/C22H31N5O2/c1-14(15-6-8-16(9-7-15)25-21(28)26-17-10-11-17)23-19-12-18(13-29-5)24-20(27-19)22(2,3)4/h6-9,12,14,17H,10-11,13H2,1-5H3,(H,23,24,27)(H2,25,26,28). The van der Waals surface area contributed by atoms with Gasteiger partial charge in [0, 0.05) is 36.4 Å². The van der Waals surface area contributed by atoms with Gasteiger partial charge in [-0.2, -0.15) is 0 Å². The summed E-state index contributed by atoms with van der Waals surface area (Å²) in [7, 11) is 1.66. The molecule has 0 saturated heterocycles. The number of urea groups is 1. The Balaban J connectivity index is 1.68. The number of amides is 2. The minimum atomic E-state index is -0.155. The van der Waals surface area contributed by atoms with Crippen molar-refractivity contribution in [1.82, 2.24) is 15.3 Å². The number of carbonyl (C=O) groups excluding carboxylic acids is 1. The molecule has 7 nitrogen and oxygen atoms in total. The maximum Gasteiger partial charge on any atom is 0.319 e. The van der Waals surface area contributed by atoms with Gasteiger partial charge in [-0.3, -0.25) is 0 Å². The van der Waals surface area contributed by atoms with E-state index in [2.05, 4.69) is 48.6 Å². The average molecular weight is 398 g/mol. The second-order valence-electron chi connectivity index (χ2n) is 8.61. The number of carbonyl (C=O) groups is 1. The Hall–Kier alpha value is -2.67. The minimum absolute atomic E-state index is 0.0439. The number of hydrogen-bond acceptors (Lipinski definition) is 5. The molecule has 1 unspecified atom stereocenters. The normalized spacial score (nSPS) is 14.9. The highest BCUT2D eigenvalue weighted by Crippen LogP contribution is 2.24. The van der Waals surface area contributed by atoms with Gasteiger partial charge in [-0.05, 0) is 37.5 Å². The number of methoxy groups -OCH3 is 1. The van der Waals surface area contributed by atoms with E-state index in [1.165, 1.54) is 0 Å². The van der Waals surface area contributed by atoms with Gasteiger partial charge >= 0.3 is 6.03 Å². The number of hydrogen-bond donors (Lipinski definition) is 3. The van der Waals surface area contributed by atoms with Gasteiger partial charge in [0.2, 0.25) is 0 Å². The molecule has 0 spiro atoms. The fourth-order valence-electron chi connectivity index (χ4n) is 2.87. The summed E-state index contributed by atoms with van der Waals surface area (Å²) >= 11 is 0. The summed E-state index contributed by atoms with van der Waals surface area (Å²) in [6.45, 7) is 8.81. The molecule has 2 amide bonds. The van der Waals surface area contributed by atoms with Crippen molar-refractivity contribution in [3.05, 3.63) is 47.4 Å². The van der Waals surface area contributed by atoms with E-state index in [4.69, 9.17) is 9.72 Å². The molecule has 0 radical (unpaired) electrons. The number of nitrogens with one attached hydrogen (secondary N) is 3. The van der Waals surface area contributed by atoms with Crippen LogP contribution in [-0.4, -0.2) is 29.2 Å². The van der Waals surface area contributed by atoms with E-state index in [0.717, 1.165) is 41.4 Å². The Morgan fingerprint density at radius 2 is 1.90 bits per heavy atom. The van der Waals surface area contributed by atoms with Crippen LogP contribution in [0.15, 0.2) is 30.3 Å². The summed E-state index contributed by atoms with van der Waals surface area (Å²) in [5.41, 5.74) is 2.57. The van der Waals surface area contributed by atoms with Crippen molar-refractivity contribution in [2.24, 2.45) is 0 Å². The van der Waals surface area contributed by atoms with Crippen molar-refractivity contribution in [2.75, 3.05) is 17.7 Å². The lowest BCUT2D eigenvalue weighted by Crippen LogP contribution is -2.30. The molecule has 156 valence electrons. The van der Waals surface area contributed by atoms with E-state index in [1.54, 1.807) is 7.11 Å². The van der Waals surface area contributed by atoms with Crippen LogP contribution in [-0.2, 0) is 16.8 Å². The molecule has 1 heterocycles. The molecule has 0 bridgehead atoms. The molecule has 1 aliphatic carbocycles. The van der Waals surface area contributed by atoms with Crippen LogP contribution >= 0.6 is 0 Å². The highest BCUT2D eigenvalue weighted by Gasteiger charge is 2.23. The number of rotatable bonds is 7. The van der Waals surface area contributed by atoms with Crippen LogP contribution in [0.4, 0.5) is 16.3 Å². The van der Waals surface area contributed by atoms with E-state index < -0.39 is 0 Å². The highest BCUT2D eigenvalue weighted by atomic mass is 16.5. The van der Waals surface area contributed by atoms with Gasteiger partial charge in [0.1, 0.15) is 11.6 Å². The summed E-state index contributed by atoms with van der Waals surface area (Å²) in [5, 5.41) is 9.25. The fourth-order valence-corrected chi connectivity index (χ4v) is 2.87. The summed E-state index contributed by atoms with van der Waals surface area (Å²) in [5.74, 6) is 1.55. The Morgan fingerprint density at radius 3 is 2.48 bits per heavy atom. The summed E-state index contributed by atoms with van der Waals surface area (Å²) in [4.78, 5) is 21.2. The molecule has 7 heteroatoms.